The van der Waals surface area contributed by atoms with Gasteiger partial charge in [0.25, 0.3) is 0 Å². The number of rotatable bonds is 2. The number of hydrogen-bond acceptors (Lipinski definition) is 4. The van der Waals surface area contributed by atoms with E-state index in [1.165, 1.54) is 0 Å². The van der Waals surface area contributed by atoms with Crippen LogP contribution in [0.15, 0.2) is 60.9 Å². The van der Waals surface area contributed by atoms with E-state index in [1.54, 1.807) is 19.4 Å². The number of aromatic amines is 1. The van der Waals surface area contributed by atoms with Crippen molar-refractivity contribution in [3.63, 3.8) is 0 Å². The van der Waals surface area contributed by atoms with Gasteiger partial charge in [0.05, 0.1) is 11.4 Å². The van der Waals surface area contributed by atoms with Gasteiger partial charge in [-0.1, -0.05) is 64.1 Å². The molecule has 5 nitrogen and oxygen atoms in total. The van der Waals surface area contributed by atoms with Gasteiger partial charge in [-0.15, -0.1) is 0 Å². The minimum Gasteiger partial charge on any atom is -0.358 e. The van der Waals surface area contributed by atoms with E-state index >= 15 is 0 Å². The molecule has 0 fully saturated rings. The smallest absolute Gasteiger partial charge is 0.358 e. The summed E-state index contributed by atoms with van der Waals surface area (Å²) in [5.41, 5.74) is 1.72. The number of aromatic nitrogens is 4. The molecule has 0 saturated carbocycles. The average molecular weight is 394 g/mol. The summed E-state index contributed by atoms with van der Waals surface area (Å²) in [6.45, 7) is 8.00. The van der Waals surface area contributed by atoms with Crippen LogP contribution in [0.2, 0.25) is 0 Å². The SMILES string of the molecule is CC.CC.CNc1nccc(-c2ccn[nH]2)n1.[CH3-].[CH3-].[V+2].c1ccccc1. The van der Waals surface area contributed by atoms with Crippen LogP contribution in [0.1, 0.15) is 27.7 Å². The molecule has 0 aliphatic heterocycles. The van der Waals surface area contributed by atoms with Crippen LogP contribution < -0.4 is 5.32 Å². The first-order chi connectivity index (χ1) is 11.4. The summed E-state index contributed by atoms with van der Waals surface area (Å²) < 4.78 is 0. The maximum Gasteiger partial charge on any atom is 2.00 e. The molecule has 0 aliphatic rings. The molecule has 2 heterocycles. The maximum absolute atomic E-state index is 4.24. The topological polar surface area (TPSA) is 66.5 Å². The number of nitrogens with one attached hydrogen (secondary N) is 2. The molecule has 0 spiro atoms. The minimum atomic E-state index is 0. The van der Waals surface area contributed by atoms with E-state index in [2.05, 4.69) is 25.5 Å². The fourth-order valence-corrected chi connectivity index (χ4v) is 1.41. The normalized spacial score (nSPS) is 7.27. The third kappa shape index (κ3) is 13.2. The van der Waals surface area contributed by atoms with Crippen molar-refractivity contribution in [1.29, 1.82) is 0 Å². The van der Waals surface area contributed by atoms with Gasteiger partial charge >= 0.3 is 18.6 Å². The number of hydrogen-bond donors (Lipinski definition) is 2. The molecule has 0 atom stereocenters. The van der Waals surface area contributed by atoms with Gasteiger partial charge in [0, 0.05) is 19.4 Å². The van der Waals surface area contributed by atoms with Crippen LogP contribution in [-0.2, 0) is 18.6 Å². The Morgan fingerprint density at radius 3 is 1.69 bits per heavy atom. The Morgan fingerprint density at radius 2 is 1.31 bits per heavy atom. The van der Waals surface area contributed by atoms with E-state index in [9.17, 15) is 0 Å². The molecule has 3 rings (SSSR count). The van der Waals surface area contributed by atoms with Crippen LogP contribution in [0.5, 0.6) is 0 Å². The van der Waals surface area contributed by atoms with Crippen LogP contribution >= 0.6 is 0 Å². The first kappa shape index (κ1) is 31.6. The van der Waals surface area contributed by atoms with E-state index in [-0.39, 0.29) is 33.4 Å². The molecule has 143 valence electrons. The summed E-state index contributed by atoms with van der Waals surface area (Å²) in [5, 5.41) is 9.56. The largest absolute Gasteiger partial charge is 2.00 e. The van der Waals surface area contributed by atoms with E-state index in [4.69, 9.17) is 0 Å². The Hall–Kier alpha value is -2.11. The van der Waals surface area contributed by atoms with Gasteiger partial charge < -0.3 is 20.2 Å². The quantitative estimate of drug-likeness (QED) is 0.560. The molecule has 1 radical (unpaired) electrons. The molecule has 26 heavy (non-hydrogen) atoms. The summed E-state index contributed by atoms with van der Waals surface area (Å²) in [6.07, 6.45) is 3.39. The zero-order valence-corrected chi connectivity index (χ0v) is 18.5. The van der Waals surface area contributed by atoms with Crippen LogP contribution in [0.4, 0.5) is 5.95 Å². The van der Waals surface area contributed by atoms with Crippen molar-refractivity contribution in [1.82, 2.24) is 20.2 Å². The summed E-state index contributed by atoms with van der Waals surface area (Å²) in [4.78, 5) is 8.25. The first-order valence-electron chi connectivity index (χ1n) is 7.90. The standard InChI is InChI=1S/C8H9N5.C6H6.2C2H6.2CH3.V/c1-9-8-10-4-2-6(12-8)7-3-5-11-13-7;1-2-4-6-5-3-1;2*1-2;;;/h2-5H,1H3,(H,11,13)(H,9,10,12);1-6H;2*1-2H3;2*1H3;/q;;;;2*-1;+2. The van der Waals surface area contributed by atoms with Crippen molar-refractivity contribution in [2.75, 3.05) is 12.4 Å². The molecular formula is C20H33N5V. The molecule has 2 aromatic heterocycles. The van der Waals surface area contributed by atoms with Gasteiger partial charge in [-0.05, 0) is 12.1 Å². The molecule has 0 unspecified atom stereocenters. The van der Waals surface area contributed by atoms with E-state index in [0.717, 1.165) is 11.4 Å². The van der Waals surface area contributed by atoms with Crippen molar-refractivity contribution in [2.24, 2.45) is 0 Å². The molecule has 3 aromatic rings. The van der Waals surface area contributed by atoms with Gasteiger partial charge in [-0.3, -0.25) is 5.10 Å². The predicted octanol–water partition coefficient (Wildman–Crippen LogP) is 5.55. The number of H-pyrrole nitrogens is 1. The summed E-state index contributed by atoms with van der Waals surface area (Å²) in [5.74, 6) is 0.604. The third-order valence-electron chi connectivity index (χ3n) is 2.32. The second kappa shape index (κ2) is 22.9. The van der Waals surface area contributed by atoms with Crippen molar-refractivity contribution in [2.45, 2.75) is 27.7 Å². The van der Waals surface area contributed by atoms with Gasteiger partial charge in [0.2, 0.25) is 5.95 Å². The van der Waals surface area contributed by atoms with Gasteiger partial charge in [-0.2, -0.15) is 5.10 Å². The monoisotopic (exact) mass is 394 g/mol. The second-order valence-electron chi connectivity index (χ2n) is 3.64. The molecule has 0 amide bonds. The van der Waals surface area contributed by atoms with Gasteiger partial charge in [0.1, 0.15) is 0 Å². The molecule has 0 bridgehead atoms. The molecule has 1 aromatic carbocycles. The fraction of sp³-hybridized carbons (Fsp3) is 0.250. The summed E-state index contributed by atoms with van der Waals surface area (Å²) >= 11 is 0. The number of nitrogens with zero attached hydrogens (tertiary/aromatic N) is 3. The Bertz CT molecular complexity index is 559. The van der Waals surface area contributed by atoms with Crippen LogP contribution in [-0.4, -0.2) is 27.2 Å². The van der Waals surface area contributed by atoms with Crippen LogP contribution in [0, 0.1) is 14.9 Å². The van der Waals surface area contributed by atoms with Crippen molar-refractivity contribution < 1.29 is 18.6 Å². The molecule has 6 heteroatoms. The second-order valence-corrected chi connectivity index (χ2v) is 3.64. The Labute approximate surface area is 172 Å². The van der Waals surface area contributed by atoms with Crippen molar-refractivity contribution in [3.05, 3.63) is 75.8 Å². The van der Waals surface area contributed by atoms with E-state index < -0.39 is 0 Å². The average Bonchev–Trinajstić information content (AvgIpc) is 3.22. The number of benzene rings is 1. The predicted molar refractivity (Wildman–Crippen MR) is 111 cm³/mol. The van der Waals surface area contributed by atoms with Crippen LogP contribution in [0.3, 0.4) is 0 Å². The van der Waals surface area contributed by atoms with Crippen LogP contribution in [0.25, 0.3) is 11.4 Å². The minimum absolute atomic E-state index is 0. The third-order valence-corrected chi connectivity index (χ3v) is 2.32. The van der Waals surface area contributed by atoms with E-state index in [0.29, 0.717) is 5.95 Å². The van der Waals surface area contributed by atoms with Crippen molar-refractivity contribution in [3.8, 4) is 11.4 Å². The summed E-state index contributed by atoms with van der Waals surface area (Å²) in [6, 6.07) is 15.7. The van der Waals surface area contributed by atoms with Crippen molar-refractivity contribution >= 4 is 5.95 Å². The zero-order chi connectivity index (χ0) is 17.3. The fourth-order valence-electron chi connectivity index (χ4n) is 1.41. The Kier molecular flexibility index (Phi) is 27.9. The summed E-state index contributed by atoms with van der Waals surface area (Å²) in [7, 11) is 1.78. The molecule has 0 saturated heterocycles. The molecule has 0 aliphatic carbocycles. The maximum atomic E-state index is 4.24. The first-order valence-corrected chi connectivity index (χ1v) is 7.90. The molecular weight excluding hydrogens is 361 g/mol. The zero-order valence-electron chi connectivity index (χ0n) is 17.1. The van der Waals surface area contributed by atoms with Gasteiger partial charge in [-0.25, -0.2) is 9.97 Å². The Morgan fingerprint density at radius 1 is 0.808 bits per heavy atom. The Balaban J connectivity index is -0.000000161. The van der Waals surface area contributed by atoms with E-state index in [1.807, 2.05) is 76.2 Å². The number of anilines is 1. The molecule has 2 N–H and O–H groups in total. The van der Waals surface area contributed by atoms with Gasteiger partial charge in [0.15, 0.2) is 0 Å².